The number of phosphoric acid groups is 1. The molecule has 0 rings (SSSR count). The van der Waals surface area contributed by atoms with Gasteiger partial charge in [-0.1, -0.05) is 65.2 Å². The molecular weight excluding hydrogens is 437 g/mol. The fraction of sp³-hybridized carbons (Fsp3) is 0.955. The number of rotatable bonds is 21. The molecular formula is C22H47NO8P+. The zero-order valence-corrected chi connectivity index (χ0v) is 21.7. The van der Waals surface area contributed by atoms with Crippen LogP contribution in [0.3, 0.4) is 0 Å². The summed E-state index contributed by atoms with van der Waals surface area (Å²) >= 11 is 0. The van der Waals surface area contributed by atoms with E-state index in [2.05, 4.69) is 18.7 Å². The van der Waals surface area contributed by atoms with Gasteiger partial charge in [-0.25, -0.2) is 9.45 Å². The molecule has 0 amide bonds. The van der Waals surface area contributed by atoms with Crippen molar-refractivity contribution in [2.45, 2.75) is 84.2 Å². The molecule has 0 aromatic rings. The van der Waals surface area contributed by atoms with Gasteiger partial charge >= 0.3 is 13.8 Å². The molecule has 0 aromatic heterocycles. The van der Waals surface area contributed by atoms with Crippen LogP contribution in [0.2, 0.25) is 0 Å². The second-order valence-electron chi connectivity index (χ2n) is 9.78. The van der Waals surface area contributed by atoms with Crippen molar-refractivity contribution in [3.8, 4) is 0 Å². The highest BCUT2D eigenvalue weighted by Gasteiger charge is 2.25. The van der Waals surface area contributed by atoms with Gasteiger partial charge < -0.3 is 14.1 Å². The molecule has 0 aromatic carbocycles. The molecule has 2 N–H and O–H groups in total. The van der Waals surface area contributed by atoms with Crippen molar-refractivity contribution in [1.82, 2.24) is 0 Å². The highest BCUT2D eigenvalue weighted by Crippen LogP contribution is 2.43. The lowest BCUT2D eigenvalue weighted by Crippen LogP contribution is -2.37. The highest BCUT2D eigenvalue weighted by atomic mass is 31.2. The molecule has 9 nitrogen and oxygen atoms in total. The molecule has 0 saturated carbocycles. The third-order valence-electron chi connectivity index (χ3n) is 4.93. The van der Waals surface area contributed by atoms with Crippen molar-refractivity contribution in [3.63, 3.8) is 0 Å². The molecule has 0 fully saturated rings. The molecule has 0 radical (unpaired) electrons. The summed E-state index contributed by atoms with van der Waals surface area (Å²) in [7, 11) is 1.49. The summed E-state index contributed by atoms with van der Waals surface area (Å²) in [6.45, 7) is 4.35. The standard InChI is InChI=1S/C22H46NO8P/c1-20(2)14-12-10-8-6-7-9-11-13-15-22(24)28-18-21(31-25)19-30-32(26,27)29-17-16-23(3,4)5/h20-21H,6-19H2,1-5H3,(H-,25,26,27)/p+1/t21-/m1/s1. The van der Waals surface area contributed by atoms with Crippen LogP contribution in [0.5, 0.6) is 0 Å². The van der Waals surface area contributed by atoms with E-state index in [-0.39, 0.29) is 13.2 Å². The van der Waals surface area contributed by atoms with Crippen molar-refractivity contribution >= 4 is 13.8 Å². The first-order chi connectivity index (χ1) is 14.9. The van der Waals surface area contributed by atoms with Crippen molar-refractivity contribution in [2.75, 3.05) is 47.5 Å². The number of ether oxygens (including phenoxy) is 1. The van der Waals surface area contributed by atoms with E-state index in [1.165, 1.54) is 38.5 Å². The first-order valence-electron chi connectivity index (χ1n) is 11.8. The Kier molecular flexibility index (Phi) is 17.6. The molecule has 0 saturated heterocycles. The molecule has 0 aliphatic carbocycles. The van der Waals surface area contributed by atoms with Crippen LogP contribution in [0.25, 0.3) is 0 Å². The van der Waals surface area contributed by atoms with E-state index >= 15 is 0 Å². The summed E-state index contributed by atoms with van der Waals surface area (Å²) in [4.78, 5) is 25.7. The monoisotopic (exact) mass is 484 g/mol. The molecule has 0 heterocycles. The Morgan fingerprint density at radius 1 is 0.906 bits per heavy atom. The fourth-order valence-electron chi connectivity index (χ4n) is 2.89. The summed E-state index contributed by atoms with van der Waals surface area (Å²) in [5.74, 6) is 0.391. The molecule has 2 atom stereocenters. The smallest absolute Gasteiger partial charge is 0.463 e. The Hall–Kier alpha value is -0.540. The van der Waals surface area contributed by atoms with Crippen LogP contribution in [0.1, 0.15) is 78.1 Å². The van der Waals surface area contributed by atoms with E-state index in [9.17, 15) is 14.3 Å². The van der Waals surface area contributed by atoms with Crippen LogP contribution in [0, 0.1) is 5.92 Å². The Morgan fingerprint density at radius 2 is 1.47 bits per heavy atom. The van der Waals surface area contributed by atoms with Crippen molar-refractivity contribution in [2.24, 2.45) is 5.92 Å². The lowest BCUT2D eigenvalue weighted by atomic mass is 10.0. The van der Waals surface area contributed by atoms with E-state index in [1.54, 1.807) is 0 Å². The lowest BCUT2D eigenvalue weighted by Gasteiger charge is -2.24. The quantitative estimate of drug-likeness (QED) is 0.0598. The third-order valence-corrected chi connectivity index (χ3v) is 5.92. The SMILES string of the molecule is CC(C)CCCCCCCCCCC(=O)OC[C@H](COP(=O)(O)OCC[N+](C)(C)C)OO. The van der Waals surface area contributed by atoms with Crippen LogP contribution in [-0.2, 0) is 28.0 Å². The number of carbonyl (C=O) groups excluding carboxylic acids is 1. The van der Waals surface area contributed by atoms with E-state index < -0.39 is 26.5 Å². The van der Waals surface area contributed by atoms with Crippen molar-refractivity contribution in [3.05, 3.63) is 0 Å². The van der Waals surface area contributed by atoms with Gasteiger partial charge in [-0.15, -0.1) is 0 Å². The van der Waals surface area contributed by atoms with Gasteiger partial charge in [0.05, 0.1) is 27.7 Å². The molecule has 0 bridgehead atoms. The summed E-state index contributed by atoms with van der Waals surface area (Å²) in [6, 6.07) is 0. The van der Waals surface area contributed by atoms with Gasteiger partial charge in [0, 0.05) is 6.42 Å². The molecule has 32 heavy (non-hydrogen) atoms. The number of carbonyl (C=O) groups is 1. The topological polar surface area (TPSA) is 112 Å². The number of quaternary nitrogens is 1. The molecule has 0 aliphatic heterocycles. The van der Waals surface area contributed by atoms with Gasteiger partial charge in [-0.3, -0.25) is 19.1 Å². The number of unbranched alkanes of at least 4 members (excludes halogenated alkanes) is 7. The fourth-order valence-corrected chi connectivity index (χ4v) is 3.64. The molecule has 0 aliphatic rings. The van der Waals surface area contributed by atoms with Gasteiger partial charge in [-0.05, 0) is 12.3 Å². The summed E-state index contributed by atoms with van der Waals surface area (Å²) in [5, 5.41) is 8.91. The normalized spacial score (nSPS) is 15.0. The Balaban J connectivity index is 3.79. The van der Waals surface area contributed by atoms with Gasteiger partial charge in [0.2, 0.25) is 0 Å². The Labute approximate surface area is 194 Å². The van der Waals surface area contributed by atoms with E-state index in [1.807, 2.05) is 21.1 Å². The van der Waals surface area contributed by atoms with Crippen LogP contribution >= 0.6 is 7.82 Å². The summed E-state index contributed by atoms with van der Waals surface area (Å²) < 4.78 is 27.2. The average molecular weight is 485 g/mol. The van der Waals surface area contributed by atoms with E-state index in [0.29, 0.717) is 17.4 Å². The maximum Gasteiger partial charge on any atom is 0.472 e. The van der Waals surface area contributed by atoms with Crippen LogP contribution in [-0.4, -0.2) is 74.2 Å². The average Bonchev–Trinajstić information content (AvgIpc) is 2.68. The second kappa shape index (κ2) is 17.9. The number of hydrogen-bond acceptors (Lipinski definition) is 7. The van der Waals surface area contributed by atoms with Crippen LogP contribution in [0.15, 0.2) is 0 Å². The number of esters is 1. The van der Waals surface area contributed by atoms with E-state index in [0.717, 1.165) is 25.2 Å². The summed E-state index contributed by atoms with van der Waals surface area (Å²) in [6.07, 6.45) is 9.68. The predicted molar refractivity (Wildman–Crippen MR) is 124 cm³/mol. The lowest BCUT2D eigenvalue weighted by molar-refractivity contribution is -0.870. The Morgan fingerprint density at radius 3 is 2.00 bits per heavy atom. The zero-order valence-electron chi connectivity index (χ0n) is 20.8. The maximum atomic E-state index is 11.8. The zero-order chi connectivity index (χ0) is 24.5. The first-order valence-corrected chi connectivity index (χ1v) is 13.3. The Bertz CT molecular complexity index is 525. The number of phosphoric ester groups is 1. The van der Waals surface area contributed by atoms with Crippen molar-refractivity contribution in [1.29, 1.82) is 0 Å². The first kappa shape index (κ1) is 31.5. The number of hydrogen-bond donors (Lipinski definition) is 2. The largest absolute Gasteiger partial charge is 0.472 e. The molecule has 10 heteroatoms. The predicted octanol–water partition coefficient (Wildman–Crippen LogP) is 4.78. The minimum absolute atomic E-state index is 0.0368. The van der Waals surface area contributed by atoms with Gasteiger partial charge in [0.1, 0.15) is 19.8 Å². The van der Waals surface area contributed by atoms with Gasteiger partial charge in [0.25, 0.3) is 0 Å². The van der Waals surface area contributed by atoms with Crippen molar-refractivity contribution < 1.29 is 42.7 Å². The van der Waals surface area contributed by atoms with Crippen LogP contribution < -0.4 is 0 Å². The molecule has 1 unspecified atom stereocenters. The minimum atomic E-state index is -4.28. The molecule has 192 valence electrons. The minimum Gasteiger partial charge on any atom is -0.463 e. The third kappa shape index (κ3) is 21.3. The highest BCUT2D eigenvalue weighted by molar-refractivity contribution is 7.47. The van der Waals surface area contributed by atoms with Gasteiger partial charge in [-0.2, -0.15) is 0 Å². The maximum absolute atomic E-state index is 11.8. The summed E-state index contributed by atoms with van der Waals surface area (Å²) in [5.41, 5.74) is 0. The second-order valence-corrected chi connectivity index (χ2v) is 11.2. The van der Waals surface area contributed by atoms with Crippen LogP contribution in [0.4, 0.5) is 0 Å². The van der Waals surface area contributed by atoms with E-state index in [4.69, 9.17) is 19.0 Å². The number of nitrogens with zero attached hydrogens (tertiary/aromatic N) is 1. The molecule has 0 spiro atoms. The van der Waals surface area contributed by atoms with Gasteiger partial charge in [0.15, 0.2) is 6.10 Å². The number of likely N-dealkylation sites (N-methyl/N-ethyl adjacent to an activating group) is 1.